The number of aryl methyl sites for hydroxylation is 4. The van der Waals surface area contributed by atoms with E-state index in [0.717, 1.165) is 167 Å². The van der Waals surface area contributed by atoms with Crippen LogP contribution in [-0.2, 0) is 99.0 Å². The first-order valence-electron chi connectivity index (χ1n) is 56.0. The molecule has 1 aliphatic carbocycles. The summed E-state index contributed by atoms with van der Waals surface area (Å²) < 4.78 is 58.3. The monoisotopic (exact) mass is 1870 g/mol. The molecular formula is C121H194O14. The van der Waals surface area contributed by atoms with Crippen molar-refractivity contribution in [3.63, 3.8) is 0 Å². The number of unbranched alkanes of at least 4 members (excludes halogenated alkanes) is 56. The Morgan fingerprint density at radius 2 is 0.415 bits per heavy atom. The van der Waals surface area contributed by atoms with Crippen molar-refractivity contribution in [2.75, 3.05) is 60.0 Å². The Balaban J connectivity index is 1.76. The zero-order valence-corrected chi connectivity index (χ0v) is 87.2. The van der Waals surface area contributed by atoms with Gasteiger partial charge in [-0.15, -0.1) is 0 Å². The van der Waals surface area contributed by atoms with Gasteiger partial charge in [-0.05, 0) is 150 Å². The summed E-state index contributed by atoms with van der Waals surface area (Å²) in [5.74, 6) is 0.411. The minimum absolute atomic E-state index is 0.0399. The molecule has 0 fully saturated rings. The quantitative estimate of drug-likeness (QED) is 0.00900. The molecule has 0 spiro atoms. The van der Waals surface area contributed by atoms with Gasteiger partial charge < -0.3 is 42.6 Å². The normalized spacial score (nSPS) is 11.8. The summed E-state index contributed by atoms with van der Waals surface area (Å²) in [5.41, 5.74) is 12.5. The third kappa shape index (κ3) is 56.5. The van der Waals surface area contributed by atoms with Crippen LogP contribution in [0, 0.1) is 0 Å². The van der Waals surface area contributed by atoms with Gasteiger partial charge in [0.1, 0.15) is 23.0 Å². The molecule has 0 heterocycles. The van der Waals surface area contributed by atoms with Gasteiger partial charge in [-0.1, -0.05) is 449 Å². The smallest absolute Gasteiger partial charge is 0.374 e. The summed E-state index contributed by atoms with van der Waals surface area (Å²) >= 11 is 0. The number of benzene rings is 4. The largest absolute Gasteiger partial charge is 0.493 e. The topological polar surface area (TPSA) is 168 Å². The fourth-order valence-electron chi connectivity index (χ4n) is 19.3. The average molecular weight is 1870 g/mol. The highest BCUT2D eigenvalue weighted by Gasteiger charge is 2.27. The van der Waals surface area contributed by atoms with Gasteiger partial charge in [0.2, 0.25) is 5.78 Å². The van der Waals surface area contributed by atoms with Gasteiger partial charge in [0.25, 0.3) is 0 Å². The van der Waals surface area contributed by atoms with Crippen molar-refractivity contribution < 1.29 is 66.6 Å². The second kappa shape index (κ2) is 80.5. The van der Waals surface area contributed by atoms with Crippen LogP contribution >= 0.6 is 0 Å². The maximum Gasteiger partial charge on any atom is 0.374 e. The fraction of sp³-hybridized carbons (Fsp3) is 0.711. The summed E-state index contributed by atoms with van der Waals surface area (Å²) in [6.45, 7) is 24.5. The number of ketones is 1. The number of fused-ring (bicyclic) bond motifs is 8. The Morgan fingerprint density at radius 1 is 0.244 bits per heavy atom. The molecular weight excluding hydrogens is 1680 g/mol. The molecule has 0 aliphatic heterocycles. The number of methoxy groups -OCH3 is 1. The van der Waals surface area contributed by atoms with E-state index in [4.69, 9.17) is 42.6 Å². The van der Waals surface area contributed by atoms with E-state index < -0.39 is 29.7 Å². The van der Waals surface area contributed by atoms with Crippen LogP contribution < -0.4 is 18.9 Å². The molecule has 0 saturated heterocycles. The lowest BCUT2D eigenvalue weighted by Crippen LogP contribution is -2.14. The van der Waals surface area contributed by atoms with Crippen LogP contribution in [0.1, 0.15) is 512 Å². The Hall–Kier alpha value is -7.35. The fourth-order valence-corrected chi connectivity index (χ4v) is 19.3. The third-order valence-corrected chi connectivity index (χ3v) is 27.2. The lowest BCUT2D eigenvalue weighted by Gasteiger charge is -2.25. The zero-order chi connectivity index (χ0) is 96.7. The van der Waals surface area contributed by atoms with E-state index in [1.54, 1.807) is 0 Å². The van der Waals surface area contributed by atoms with E-state index in [1.807, 2.05) is 0 Å². The Morgan fingerprint density at radius 3 is 0.585 bits per heavy atom. The number of hydrogen-bond acceptors (Lipinski definition) is 14. The van der Waals surface area contributed by atoms with Crippen LogP contribution in [-0.4, -0.2) is 89.6 Å². The number of carbonyl (C=O) groups is 5. The van der Waals surface area contributed by atoms with Gasteiger partial charge >= 0.3 is 23.9 Å². The van der Waals surface area contributed by atoms with Crippen molar-refractivity contribution in [1.82, 2.24) is 0 Å². The molecule has 0 N–H and O–H groups in total. The SMILES string of the molecule is C=CC(=O)OCCCc1cc2c(OCCCCCCCCCCCCCCCCC)c(c1)Cc1cc(CCCOC(=O)C(C)=O)cc(c1OCCCCCCCCCCCCCCCCC)Cc1cc(CCCOC(=O)C=C)cc(c1OCCCCCCCCCCCCCCCCC)Cc1cc(CCCOC(=O)C(=C)OC)cc(c1OCCCCCCCCCCCCCCCCC)C2. The van der Waals surface area contributed by atoms with Crippen molar-refractivity contribution in [3.05, 3.63) is 153 Å². The summed E-state index contributed by atoms with van der Waals surface area (Å²) in [6.07, 6.45) is 84.7. The maximum atomic E-state index is 13.2. The molecule has 0 saturated carbocycles. The number of rotatable bonds is 89. The predicted octanol–water partition coefficient (Wildman–Crippen LogP) is 33.4. The number of Topliss-reactive ketones (excluding diaryl/α,β-unsaturated/α-hetero) is 1. The molecule has 0 aromatic heterocycles. The summed E-state index contributed by atoms with van der Waals surface area (Å²) in [6, 6.07) is 18.6. The Labute approximate surface area is 824 Å². The highest BCUT2D eigenvalue weighted by atomic mass is 16.6. The molecule has 135 heavy (non-hydrogen) atoms. The number of ether oxygens (including phenoxy) is 9. The molecule has 0 unspecified atom stereocenters. The first-order chi connectivity index (χ1) is 66.2. The van der Waals surface area contributed by atoms with Crippen LogP contribution in [0.25, 0.3) is 0 Å². The van der Waals surface area contributed by atoms with Crippen molar-refractivity contribution >= 4 is 29.7 Å². The standard InChI is InChI=1S/C121H194O14/c1-10-16-20-24-28-32-36-40-44-48-52-56-60-64-68-80-130-116-106-88-102(76-72-84-128-114(123)14-5)90-108(116)98-112-94-105(79-75-87-135-121(126)101(8)127-9)95-113(119(112)133-83-71-67-63-59-55-51-47-43-39-35-31-27-23-19-13-4)99-109-91-103(77-73-85-129-115(124)15-6)89-107(117(109)131-81-69-65-61-57-53-49-45-41-37-33-29-25-21-17-11-2)97-111-93-104(78-74-86-134-120(125)100(7)122)92-110(96-106)118(111)132-82-70-66-62-58-54-50-46-42-38-34-30-26-22-18-12-3/h14-15,88-95H,5-6,8,10-13,16-87,96-99H2,1-4,7,9H3. The molecule has 0 atom stereocenters. The van der Waals surface area contributed by atoms with E-state index in [-0.39, 0.29) is 32.2 Å². The van der Waals surface area contributed by atoms with Crippen molar-refractivity contribution in [2.24, 2.45) is 0 Å². The van der Waals surface area contributed by atoms with E-state index in [1.165, 1.54) is 334 Å². The van der Waals surface area contributed by atoms with Crippen LogP contribution in [0.3, 0.4) is 0 Å². The molecule has 14 nitrogen and oxygen atoms in total. The zero-order valence-electron chi connectivity index (χ0n) is 87.2. The average Bonchev–Trinajstić information content (AvgIpc) is 0.771. The third-order valence-electron chi connectivity index (χ3n) is 27.2. The molecule has 5 rings (SSSR count). The maximum absolute atomic E-state index is 13.2. The van der Waals surface area contributed by atoms with Gasteiger partial charge in [0.05, 0.1) is 60.0 Å². The van der Waals surface area contributed by atoms with Crippen molar-refractivity contribution in [2.45, 2.75) is 497 Å². The summed E-state index contributed by atoms with van der Waals surface area (Å²) in [7, 11) is 1.43. The summed E-state index contributed by atoms with van der Waals surface area (Å²) in [4.78, 5) is 63.8. The molecule has 4 aromatic carbocycles. The first-order valence-corrected chi connectivity index (χ1v) is 56.0. The molecule has 762 valence electrons. The molecule has 1 aliphatic rings. The Bertz CT molecular complexity index is 3630. The number of hydrogen-bond donors (Lipinski definition) is 0. The van der Waals surface area contributed by atoms with Crippen LogP contribution in [0.4, 0.5) is 0 Å². The predicted molar refractivity (Wildman–Crippen MR) is 563 cm³/mol. The van der Waals surface area contributed by atoms with Crippen LogP contribution in [0.15, 0.2) is 86.2 Å². The molecule has 0 amide bonds. The number of carbonyl (C=O) groups excluding carboxylic acids is 5. The van der Waals surface area contributed by atoms with Gasteiger partial charge in [-0.25, -0.2) is 19.2 Å². The lowest BCUT2D eigenvalue weighted by atomic mass is 9.87. The van der Waals surface area contributed by atoms with Gasteiger partial charge in [-0.3, -0.25) is 4.79 Å². The molecule has 4 aromatic rings. The van der Waals surface area contributed by atoms with Crippen molar-refractivity contribution in [1.29, 1.82) is 0 Å². The minimum atomic E-state index is -0.834. The second-order valence-corrected chi connectivity index (χ2v) is 39.5. The van der Waals surface area contributed by atoms with E-state index >= 15 is 0 Å². The molecule has 0 radical (unpaired) electrons. The highest BCUT2D eigenvalue weighted by Crippen LogP contribution is 2.43. The molecule has 14 heteroatoms. The lowest BCUT2D eigenvalue weighted by molar-refractivity contribution is -0.153. The van der Waals surface area contributed by atoms with E-state index in [2.05, 4.69) is 96.0 Å². The van der Waals surface area contributed by atoms with Gasteiger partial charge in [0, 0.05) is 44.8 Å². The van der Waals surface area contributed by atoms with Gasteiger partial charge in [0.15, 0.2) is 5.76 Å². The van der Waals surface area contributed by atoms with Crippen LogP contribution in [0.5, 0.6) is 23.0 Å². The number of esters is 4. The molecule has 8 bridgehead atoms. The van der Waals surface area contributed by atoms with E-state index in [9.17, 15) is 24.0 Å². The van der Waals surface area contributed by atoms with E-state index in [0.29, 0.717) is 103 Å². The van der Waals surface area contributed by atoms with Crippen molar-refractivity contribution in [3.8, 4) is 23.0 Å². The van der Waals surface area contributed by atoms with Gasteiger partial charge in [-0.2, -0.15) is 0 Å². The second-order valence-electron chi connectivity index (χ2n) is 39.5. The summed E-state index contributed by atoms with van der Waals surface area (Å²) in [5, 5.41) is 0. The highest BCUT2D eigenvalue weighted by molar-refractivity contribution is 6.32. The Kier molecular flexibility index (Phi) is 70.4. The van der Waals surface area contributed by atoms with Crippen LogP contribution in [0.2, 0.25) is 0 Å². The first kappa shape index (κ1) is 118. The minimum Gasteiger partial charge on any atom is -0.493 e.